The zero-order chi connectivity index (χ0) is 23.1. The van der Waals surface area contributed by atoms with Crippen molar-refractivity contribution in [1.82, 2.24) is 4.98 Å². The Morgan fingerprint density at radius 3 is 2.74 bits per heavy atom. The van der Waals surface area contributed by atoms with Gasteiger partial charge < -0.3 is 26.0 Å². The minimum absolute atomic E-state index is 0.00912. The number of amidine groups is 1. The maximum absolute atomic E-state index is 14.3. The highest BCUT2D eigenvalue weighted by molar-refractivity contribution is 6.34. The highest BCUT2D eigenvalue weighted by Crippen LogP contribution is 2.26. The van der Waals surface area contributed by atoms with Crippen LogP contribution in [0.15, 0.2) is 29.4 Å². The number of nitrogens with zero attached hydrogens (tertiary/aromatic N) is 3. The summed E-state index contributed by atoms with van der Waals surface area (Å²) in [6, 6.07) is 4.61. The third-order valence-corrected chi connectivity index (χ3v) is 4.09. The summed E-state index contributed by atoms with van der Waals surface area (Å²) in [5.41, 5.74) is 11.4. The molecule has 2 rings (SSSR count). The Bertz CT molecular complexity index is 1040. The molecule has 0 saturated heterocycles. The SMILES string of the molecule is CC(C)Oc1ncc(C(=O)N=C(N)c2cc(F)c(OCC(N)CO)cc2Cl)cc1C#N. The molecule has 1 atom stereocenters. The van der Waals surface area contributed by atoms with Crippen LogP contribution in [0.2, 0.25) is 5.02 Å². The third kappa shape index (κ3) is 6.36. The maximum Gasteiger partial charge on any atom is 0.280 e. The number of pyridine rings is 1. The first-order valence-electron chi connectivity index (χ1n) is 9.10. The van der Waals surface area contributed by atoms with Crippen LogP contribution in [-0.2, 0) is 0 Å². The number of rotatable bonds is 8. The summed E-state index contributed by atoms with van der Waals surface area (Å²) in [7, 11) is 0. The van der Waals surface area contributed by atoms with Gasteiger partial charge >= 0.3 is 0 Å². The van der Waals surface area contributed by atoms with Crippen molar-refractivity contribution in [3.8, 4) is 17.7 Å². The first kappa shape index (κ1) is 24.0. The first-order chi connectivity index (χ1) is 14.7. The second kappa shape index (κ2) is 10.7. The third-order valence-electron chi connectivity index (χ3n) is 3.77. The second-order valence-corrected chi connectivity index (χ2v) is 7.08. The monoisotopic (exact) mass is 449 g/mol. The zero-order valence-electron chi connectivity index (χ0n) is 16.8. The fraction of sp³-hybridized carbons (Fsp3) is 0.300. The Kier molecular flexibility index (Phi) is 8.27. The summed E-state index contributed by atoms with van der Waals surface area (Å²) >= 11 is 6.12. The number of benzene rings is 1. The van der Waals surface area contributed by atoms with Gasteiger partial charge in [0.25, 0.3) is 5.91 Å². The smallest absolute Gasteiger partial charge is 0.280 e. The van der Waals surface area contributed by atoms with Crippen molar-refractivity contribution in [1.29, 1.82) is 5.26 Å². The van der Waals surface area contributed by atoms with Gasteiger partial charge in [-0.3, -0.25) is 4.79 Å². The Morgan fingerprint density at radius 2 is 2.13 bits per heavy atom. The summed E-state index contributed by atoms with van der Waals surface area (Å²) < 4.78 is 24.9. The lowest BCUT2D eigenvalue weighted by Crippen LogP contribution is -2.31. The first-order valence-corrected chi connectivity index (χ1v) is 9.48. The topological polar surface area (TPSA) is 157 Å². The molecule has 2 aromatic rings. The van der Waals surface area contributed by atoms with Crippen LogP contribution in [0.4, 0.5) is 4.39 Å². The normalized spacial score (nSPS) is 12.4. The lowest BCUT2D eigenvalue weighted by molar-refractivity contribution is 0.100. The molecular formula is C20H21ClFN5O4. The average Bonchev–Trinajstić information content (AvgIpc) is 2.73. The predicted octanol–water partition coefficient (Wildman–Crippen LogP) is 1.78. The van der Waals surface area contributed by atoms with Crippen molar-refractivity contribution in [2.45, 2.75) is 26.0 Å². The Balaban J connectivity index is 2.27. The summed E-state index contributed by atoms with van der Waals surface area (Å²) in [6.45, 7) is 3.08. The Labute approximate surface area is 183 Å². The maximum atomic E-state index is 14.3. The number of nitrogens with two attached hydrogens (primary N) is 2. The Hall–Kier alpha value is -3.26. The Morgan fingerprint density at radius 1 is 1.42 bits per heavy atom. The lowest BCUT2D eigenvalue weighted by atomic mass is 10.1. The summed E-state index contributed by atoms with van der Waals surface area (Å²) in [5.74, 6) is -2.05. The number of carbonyl (C=O) groups is 1. The van der Waals surface area contributed by atoms with E-state index in [0.29, 0.717) is 0 Å². The van der Waals surface area contributed by atoms with E-state index < -0.39 is 17.8 Å². The van der Waals surface area contributed by atoms with E-state index in [4.69, 9.17) is 37.6 Å². The van der Waals surface area contributed by atoms with Gasteiger partial charge in [-0.1, -0.05) is 11.6 Å². The van der Waals surface area contributed by atoms with Crippen LogP contribution in [0.25, 0.3) is 0 Å². The van der Waals surface area contributed by atoms with Crippen molar-refractivity contribution in [2.24, 2.45) is 16.5 Å². The standard InChI is InChI=1S/C20H21ClFN5O4/c1-10(2)31-20-11(6-23)3-12(7-26-20)19(29)27-18(25)14-4-16(22)17(5-15(14)21)30-9-13(24)8-28/h3-5,7,10,13,28H,8-9,24H2,1-2H3,(H2,25,27,29). The number of aliphatic hydroxyl groups excluding tert-OH is 1. The summed E-state index contributed by atoms with van der Waals surface area (Å²) in [4.78, 5) is 20.1. The van der Waals surface area contributed by atoms with Gasteiger partial charge in [-0.15, -0.1) is 0 Å². The number of hydrogen-bond donors (Lipinski definition) is 3. The van der Waals surface area contributed by atoms with Crippen molar-refractivity contribution < 1.29 is 23.8 Å². The van der Waals surface area contributed by atoms with E-state index in [0.717, 1.165) is 12.1 Å². The minimum atomic E-state index is -0.807. The molecule has 1 unspecified atom stereocenters. The predicted molar refractivity (Wildman–Crippen MR) is 112 cm³/mol. The number of nitriles is 1. The van der Waals surface area contributed by atoms with E-state index in [1.807, 2.05) is 6.07 Å². The van der Waals surface area contributed by atoms with Crippen LogP contribution in [0.1, 0.15) is 35.3 Å². The molecule has 31 heavy (non-hydrogen) atoms. The van der Waals surface area contributed by atoms with E-state index in [-0.39, 0.29) is 58.5 Å². The molecule has 0 aliphatic rings. The number of aliphatic hydroxyl groups is 1. The van der Waals surface area contributed by atoms with Gasteiger partial charge in [0, 0.05) is 17.8 Å². The number of aliphatic imine (C=N–C) groups is 1. The molecule has 1 aromatic heterocycles. The van der Waals surface area contributed by atoms with Crippen LogP contribution in [-0.4, -0.2) is 47.2 Å². The minimum Gasteiger partial charge on any atom is -0.489 e. The molecule has 1 heterocycles. The molecule has 11 heteroatoms. The van der Waals surface area contributed by atoms with Crippen molar-refractivity contribution in [3.05, 3.63) is 51.9 Å². The van der Waals surface area contributed by atoms with Gasteiger partial charge in [-0.25, -0.2) is 9.37 Å². The van der Waals surface area contributed by atoms with Crippen LogP contribution in [0, 0.1) is 17.1 Å². The summed E-state index contributed by atoms with van der Waals surface area (Å²) in [6.07, 6.45) is 0.986. The van der Waals surface area contributed by atoms with E-state index in [1.165, 1.54) is 12.3 Å². The van der Waals surface area contributed by atoms with Gasteiger partial charge in [0.15, 0.2) is 11.6 Å². The molecule has 1 aromatic carbocycles. The van der Waals surface area contributed by atoms with Crippen molar-refractivity contribution >= 4 is 23.3 Å². The molecule has 164 valence electrons. The van der Waals surface area contributed by atoms with E-state index in [1.54, 1.807) is 13.8 Å². The van der Waals surface area contributed by atoms with Crippen LogP contribution >= 0.6 is 11.6 Å². The average molecular weight is 450 g/mol. The van der Waals surface area contributed by atoms with E-state index >= 15 is 0 Å². The quantitative estimate of drug-likeness (QED) is 0.406. The molecule has 0 bridgehead atoms. The second-order valence-electron chi connectivity index (χ2n) is 6.67. The van der Waals surface area contributed by atoms with Crippen molar-refractivity contribution in [2.75, 3.05) is 13.2 Å². The number of halogens is 2. The molecule has 0 radical (unpaired) electrons. The summed E-state index contributed by atoms with van der Waals surface area (Å²) in [5, 5.41) is 18.1. The van der Waals surface area contributed by atoms with Crippen LogP contribution in [0.5, 0.6) is 11.6 Å². The molecule has 9 nitrogen and oxygen atoms in total. The van der Waals surface area contributed by atoms with Crippen LogP contribution < -0.4 is 20.9 Å². The molecule has 0 spiro atoms. The number of carbonyl (C=O) groups excluding carboxylic acids is 1. The number of aromatic nitrogens is 1. The fourth-order valence-electron chi connectivity index (χ4n) is 2.29. The molecule has 0 saturated carbocycles. The molecule has 0 aliphatic carbocycles. The largest absolute Gasteiger partial charge is 0.489 e. The number of amides is 1. The van der Waals surface area contributed by atoms with E-state index in [2.05, 4.69) is 9.98 Å². The van der Waals surface area contributed by atoms with Gasteiger partial charge in [-0.05, 0) is 26.0 Å². The van der Waals surface area contributed by atoms with Crippen molar-refractivity contribution in [3.63, 3.8) is 0 Å². The molecule has 0 aliphatic heterocycles. The van der Waals surface area contributed by atoms with Gasteiger partial charge in [0.2, 0.25) is 5.88 Å². The highest BCUT2D eigenvalue weighted by atomic mass is 35.5. The number of hydrogen-bond acceptors (Lipinski definition) is 7. The highest BCUT2D eigenvalue weighted by Gasteiger charge is 2.17. The van der Waals surface area contributed by atoms with E-state index in [9.17, 15) is 14.4 Å². The molecule has 0 fully saturated rings. The van der Waals surface area contributed by atoms with Gasteiger partial charge in [0.1, 0.15) is 24.1 Å². The van der Waals surface area contributed by atoms with Crippen LogP contribution in [0.3, 0.4) is 0 Å². The number of ether oxygens (including phenoxy) is 2. The van der Waals surface area contributed by atoms with Gasteiger partial charge in [0.05, 0.1) is 29.3 Å². The lowest BCUT2D eigenvalue weighted by Gasteiger charge is -2.13. The fourth-order valence-corrected chi connectivity index (χ4v) is 2.54. The van der Waals surface area contributed by atoms with Gasteiger partial charge in [-0.2, -0.15) is 10.3 Å². The molecular weight excluding hydrogens is 429 g/mol. The molecule has 5 N–H and O–H groups in total. The zero-order valence-corrected chi connectivity index (χ0v) is 17.6. The molecule has 1 amide bonds.